The van der Waals surface area contributed by atoms with Gasteiger partial charge in [-0.05, 0) is 29.9 Å². The summed E-state index contributed by atoms with van der Waals surface area (Å²) in [5, 5.41) is 8.52. The second-order valence-electron chi connectivity index (χ2n) is 4.46. The molecular weight excluding hydrogens is 284 g/mol. The number of nitrogens with zero attached hydrogens (tertiary/aromatic N) is 1. The molecule has 4 nitrogen and oxygen atoms in total. The van der Waals surface area contributed by atoms with E-state index >= 15 is 0 Å². The number of amides is 1. The molecule has 1 aromatic heterocycles. The highest BCUT2D eigenvalue weighted by molar-refractivity contribution is 7.11. The van der Waals surface area contributed by atoms with E-state index in [2.05, 4.69) is 22.6 Å². The predicted molar refractivity (Wildman–Crippen MR) is 85.6 cm³/mol. The van der Waals surface area contributed by atoms with Gasteiger partial charge < -0.3 is 10.2 Å². The van der Waals surface area contributed by atoms with E-state index < -0.39 is 0 Å². The summed E-state index contributed by atoms with van der Waals surface area (Å²) in [4.78, 5) is 17.5. The Morgan fingerprint density at radius 1 is 1.24 bits per heavy atom. The lowest BCUT2D eigenvalue weighted by molar-refractivity contribution is -0.125. The highest BCUT2D eigenvalue weighted by atomic mass is 32.1. The summed E-state index contributed by atoms with van der Waals surface area (Å²) < 4.78 is 0. The van der Waals surface area contributed by atoms with Gasteiger partial charge in [0, 0.05) is 11.4 Å². The van der Waals surface area contributed by atoms with E-state index in [1.807, 2.05) is 35.7 Å². The first-order valence-electron chi connectivity index (χ1n) is 6.84. The molecular formula is C16H18N2O2S. The average Bonchev–Trinajstić information content (AvgIpc) is 3.02. The van der Waals surface area contributed by atoms with E-state index in [-0.39, 0.29) is 12.5 Å². The molecule has 21 heavy (non-hydrogen) atoms. The topological polar surface area (TPSA) is 50.7 Å². The minimum atomic E-state index is -0.147. The maximum Gasteiger partial charge on any atom is 0.260 e. The van der Waals surface area contributed by atoms with Crippen molar-refractivity contribution in [3.63, 3.8) is 0 Å². The highest BCUT2D eigenvalue weighted by Gasteiger charge is 2.00. The number of nitrogens with one attached hydrogen (secondary N) is 1. The van der Waals surface area contributed by atoms with Crippen molar-refractivity contribution in [1.82, 2.24) is 5.32 Å². The lowest BCUT2D eigenvalue weighted by Gasteiger charge is -2.04. The lowest BCUT2D eigenvalue weighted by atomic mass is 10.1. The largest absolute Gasteiger partial charge is 0.386 e. The molecule has 1 heterocycles. The first-order chi connectivity index (χ1) is 10.3. The third-order valence-corrected chi connectivity index (χ3v) is 3.61. The maximum absolute atomic E-state index is 11.5. The summed E-state index contributed by atoms with van der Waals surface area (Å²) in [7, 11) is 0. The SMILES string of the molecule is O=C(CO/N=C/c1cccs1)NCCCc1ccccc1. The molecule has 1 N–H and O–H groups in total. The number of hydrogen-bond donors (Lipinski definition) is 1. The molecule has 0 aliphatic rings. The van der Waals surface area contributed by atoms with Crippen LogP contribution in [-0.4, -0.2) is 25.3 Å². The van der Waals surface area contributed by atoms with Gasteiger partial charge in [0.15, 0.2) is 6.61 Å². The Morgan fingerprint density at radius 3 is 2.86 bits per heavy atom. The number of oxime groups is 1. The van der Waals surface area contributed by atoms with E-state index in [9.17, 15) is 4.79 Å². The first kappa shape index (κ1) is 15.3. The molecule has 0 fully saturated rings. The van der Waals surface area contributed by atoms with Gasteiger partial charge in [0.25, 0.3) is 5.91 Å². The molecule has 1 amide bonds. The molecule has 1 aromatic carbocycles. The van der Waals surface area contributed by atoms with Crippen LogP contribution < -0.4 is 5.32 Å². The van der Waals surface area contributed by atoms with Crippen molar-refractivity contribution in [3.05, 3.63) is 58.3 Å². The Morgan fingerprint density at radius 2 is 2.10 bits per heavy atom. The zero-order valence-electron chi connectivity index (χ0n) is 11.7. The lowest BCUT2D eigenvalue weighted by Crippen LogP contribution is -2.28. The highest BCUT2D eigenvalue weighted by Crippen LogP contribution is 2.04. The van der Waals surface area contributed by atoms with Crippen LogP contribution in [0.4, 0.5) is 0 Å². The molecule has 0 atom stereocenters. The standard InChI is InChI=1S/C16H18N2O2S/c19-16(13-20-18-12-15-9-5-11-21-15)17-10-4-8-14-6-2-1-3-7-14/h1-3,5-7,9,11-12H,4,8,10,13H2,(H,17,19)/b18-12+. The van der Waals surface area contributed by atoms with Crippen molar-refractivity contribution in [1.29, 1.82) is 0 Å². The van der Waals surface area contributed by atoms with Crippen molar-refractivity contribution in [2.75, 3.05) is 13.2 Å². The van der Waals surface area contributed by atoms with Crippen molar-refractivity contribution in [3.8, 4) is 0 Å². The van der Waals surface area contributed by atoms with Crippen LogP contribution in [0, 0.1) is 0 Å². The smallest absolute Gasteiger partial charge is 0.260 e. The number of benzene rings is 1. The zero-order valence-corrected chi connectivity index (χ0v) is 12.5. The average molecular weight is 302 g/mol. The number of thiophene rings is 1. The Kier molecular flexibility index (Phi) is 6.48. The van der Waals surface area contributed by atoms with E-state index in [1.165, 1.54) is 5.56 Å². The molecule has 2 aromatic rings. The molecule has 0 aliphatic heterocycles. The number of aryl methyl sites for hydroxylation is 1. The van der Waals surface area contributed by atoms with Gasteiger partial charge >= 0.3 is 0 Å². The third kappa shape index (κ3) is 6.23. The Bertz CT molecular complexity index is 553. The molecule has 0 saturated carbocycles. The maximum atomic E-state index is 11.5. The van der Waals surface area contributed by atoms with E-state index in [0.29, 0.717) is 6.54 Å². The molecule has 0 unspecified atom stereocenters. The van der Waals surface area contributed by atoms with Crippen molar-refractivity contribution < 1.29 is 9.63 Å². The predicted octanol–water partition coefficient (Wildman–Crippen LogP) is 2.85. The first-order valence-corrected chi connectivity index (χ1v) is 7.72. The normalized spacial score (nSPS) is 10.7. The monoisotopic (exact) mass is 302 g/mol. The van der Waals surface area contributed by atoms with Crippen LogP contribution in [0.2, 0.25) is 0 Å². The summed E-state index contributed by atoms with van der Waals surface area (Å²) in [6, 6.07) is 14.1. The van der Waals surface area contributed by atoms with E-state index in [1.54, 1.807) is 17.6 Å². The van der Waals surface area contributed by atoms with Gasteiger partial charge in [0.1, 0.15) is 0 Å². The quantitative estimate of drug-likeness (QED) is 0.463. The Labute approximate surface area is 128 Å². The fourth-order valence-corrected chi connectivity index (χ4v) is 2.34. The van der Waals surface area contributed by atoms with Crippen LogP contribution in [-0.2, 0) is 16.1 Å². The van der Waals surface area contributed by atoms with Gasteiger partial charge in [-0.3, -0.25) is 4.79 Å². The molecule has 2 rings (SSSR count). The summed E-state index contributed by atoms with van der Waals surface area (Å²) in [6.07, 6.45) is 3.47. The minimum absolute atomic E-state index is 0.0484. The summed E-state index contributed by atoms with van der Waals surface area (Å²) in [5.41, 5.74) is 1.28. The second-order valence-corrected chi connectivity index (χ2v) is 5.44. The summed E-state index contributed by atoms with van der Waals surface area (Å²) >= 11 is 1.57. The molecule has 0 bridgehead atoms. The molecule has 0 aliphatic carbocycles. The molecule has 110 valence electrons. The molecule has 5 heteroatoms. The van der Waals surface area contributed by atoms with Crippen molar-refractivity contribution in [2.24, 2.45) is 5.16 Å². The fraction of sp³-hybridized carbons (Fsp3) is 0.250. The second kappa shape index (κ2) is 8.92. The number of carbonyl (C=O) groups is 1. The van der Waals surface area contributed by atoms with Gasteiger partial charge in [-0.1, -0.05) is 41.6 Å². The molecule has 0 radical (unpaired) electrons. The van der Waals surface area contributed by atoms with E-state index in [4.69, 9.17) is 4.84 Å². The van der Waals surface area contributed by atoms with Crippen LogP contribution in [0.1, 0.15) is 16.9 Å². The summed E-state index contributed by atoms with van der Waals surface area (Å²) in [5.74, 6) is -0.147. The van der Waals surface area contributed by atoms with Gasteiger partial charge in [0.2, 0.25) is 0 Å². The van der Waals surface area contributed by atoms with Gasteiger partial charge in [0.05, 0.1) is 6.21 Å². The summed E-state index contributed by atoms with van der Waals surface area (Å²) in [6.45, 7) is 0.596. The van der Waals surface area contributed by atoms with Gasteiger partial charge in [-0.2, -0.15) is 0 Å². The van der Waals surface area contributed by atoms with Crippen LogP contribution in [0.15, 0.2) is 53.0 Å². The number of hydrogen-bond acceptors (Lipinski definition) is 4. The van der Waals surface area contributed by atoms with Crippen LogP contribution in [0.25, 0.3) is 0 Å². The Balaban J connectivity index is 1.53. The van der Waals surface area contributed by atoms with Crippen LogP contribution in [0.5, 0.6) is 0 Å². The fourth-order valence-electron chi connectivity index (χ4n) is 1.77. The van der Waals surface area contributed by atoms with Gasteiger partial charge in [-0.25, -0.2) is 0 Å². The minimum Gasteiger partial charge on any atom is -0.386 e. The third-order valence-electron chi connectivity index (χ3n) is 2.80. The van der Waals surface area contributed by atoms with Crippen molar-refractivity contribution >= 4 is 23.5 Å². The van der Waals surface area contributed by atoms with E-state index in [0.717, 1.165) is 17.7 Å². The number of carbonyl (C=O) groups excluding carboxylic acids is 1. The van der Waals surface area contributed by atoms with Gasteiger partial charge in [-0.15, -0.1) is 11.3 Å². The molecule has 0 spiro atoms. The number of rotatable bonds is 8. The zero-order chi connectivity index (χ0) is 14.8. The van der Waals surface area contributed by atoms with Crippen LogP contribution in [0.3, 0.4) is 0 Å². The van der Waals surface area contributed by atoms with Crippen LogP contribution >= 0.6 is 11.3 Å². The Hall–Kier alpha value is -2.14. The van der Waals surface area contributed by atoms with Crippen molar-refractivity contribution in [2.45, 2.75) is 12.8 Å². The molecule has 0 saturated heterocycles.